The molecule has 1 atom stereocenters. The largest absolute Gasteiger partial charge is 0.492 e. The van der Waals surface area contributed by atoms with Crippen LogP contribution in [0.4, 0.5) is 11.4 Å². The Labute approximate surface area is 202 Å². The number of nitrogens with one attached hydrogen (secondary N) is 2. The molecule has 2 amide bonds. The van der Waals surface area contributed by atoms with Gasteiger partial charge in [-0.3, -0.25) is 14.5 Å². The molecule has 34 heavy (non-hydrogen) atoms. The van der Waals surface area contributed by atoms with Gasteiger partial charge in [0.2, 0.25) is 0 Å². The Morgan fingerprint density at radius 2 is 1.79 bits per heavy atom. The Morgan fingerprint density at radius 1 is 1.00 bits per heavy atom. The summed E-state index contributed by atoms with van der Waals surface area (Å²) >= 11 is 0. The molecule has 2 aliphatic rings. The van der Waals surface area contributed by atoms with Gasteiger partial charge < -0.3 is 20.3 Å². The molecule has 0 saturated carbocycles. The van der Waals surface area contributed by atoms with Gasteiger partial charge in [-0.1, -0.05) is 30.7 Å². The number of hydrogen-bond acceptors (Lipinski definition) is 5. The molecule has 0 radical (unpaired) electrons. The van der Waals surface area contributed by atoms with Crippen molar-refractivity contribution in [3.63, 3.8) is 0 Å². The summed E-state index contributed by atoms with van der Waals surface area (Å²) in [6.07, 6.45) is 5.79. The average molecular weight is 465 g/mol. The maximum atomic E-state index is 12.7. The highest BCUT2D eigenvalue weighted by molar-refractivity contribution is 6.39. The molecule has 2 aromatic carbocycles. The van der Waals surface area contributed by atoms with Crippen LogP contribution in [0.25, 0.3) is 0 Å². The number of carbonyl (C=O) groups is 2. The first-order valence-electron chi connectivity index (χ1n) is 12.5. The highest BCUT2D eigenvalue weighted by Crippen LogP contribution is 2.31. The maximum Gasteiger partial charge on any atom is 0.313 e. The number of amides is 2. The van der Waals surface area contributed by atoms with E-state index in [1.807, 2.05) is 13.0 Å². The highest BCUT2D eigenvalue weighted by Gasteiger charge is 2.26. The van der Waals surface area contributed by atoms with Gasteiger partial charge in [-0.25, -0.2) is 0 Å². The van der Waals surface area contributed by atoms with Crippen molar-refractivity contribution in [2.45, 2.75) is 45.1 Å². The molecule has 1 unspecified atom stereocenters. The first-order chi connectivity index (χ1) is 16.6. The fraction of sp³-hybridized carbons (Fsp3) is 0.481. The van der Waals surface area contributed by atoms with Crippen LogP contribution in [-0.2, 0) is 16.0 Å². The van der Waals surface area contributed by atoms with E-state index in [1.54, 1.807) is 18.2 Å². The normalized spacial score (nSPS) is 16.9. The third-order valence-corrected chi connectivity index (χ3v) is 6.77. The number of benzene rings is 2. The number of carbonyl (C=O) groups excluding carboxylic acids is 2. The summed E-state index contributed by atoms with van der Waals surface area (Å²) in [6, 6.07) is 13.9. The minimum absolute atomic E-state index is 0.0466. The summed E-state index contributed by atoms with van der Waals surface area (Å²) < 4.78 is 5.55. The molecule has 1 fully saturated rings. The summed E-state index contributed by atoms with van der Waals surface area (Å²) in [7, 11) is 2.14. The van der Waals surface area contributed by atoms with Gasteiger partial charge in [-0.15, -0.1) is 0 Å². The third kappa shape index (κ3) is 5.70. The fourth-order valence-corrected chi connectivity index (χ4v) is 5.00. The Bertz CT molecular complexity index is 1000. The van der Waals surface area contributed by atoms with Gasteiger partial charge in [0.25, 0.3) is 0 Å². The quantitative estimate of drug-likeness (QED) is 0.611. The molecule has 0 bridgehead atoms. The number of hydrogen-bond donors (Lipinski definition) is 2. The molecule has 182 valence electrons. The second kappa shape index (κ2) is 11.4. The van der Waals surface area contributed by atoms with Crippen molar-refractivity contribution < 1.29 is 14.3 Å². The van der Waals surface area contributed by atoms with Gasteiger partial charge in [0.15, 0.2) is 0 Å². The predicted octanol–water partition coefficient (Wildman–Crippen LogP) is 3.75. The van der Waals surface area contributed by atoms with E-state index in [-0.39, 0.29) is 6.04 Å². The Balaban J connectivity index is 1.46. The first-order valence-corrected chi connectivity index (χ1v) is 12.5. The number of anilines is 2. The zero-order chi connectivity index (χ0) is 23.9. The van der Waals surface area contributed by atoms with Crippen molar-refractivity contribution in [1.82, 2.24) is 10.2 Å². The molecular weight excluding hydrogens is 428 g/mol. The maximum absolute atomic E-state index is 12.7. The summed E-state index contributed by atoms with van der Waals surface area (Å²) in [5, 5.41) is 5.58. The van der Waals surface area contributed by atoms with Gasteiger partial charge in [0.05, 0.1) is 18.3 Å². The van der Waals surface area contributed by atoms with E-state index in [2.05, 4.69) is 45.7 Å². The van der Waals surface area contributed by atoms with Gasteiger partial charge in [0, 0.05) is 25.8 Å². The minimum atomic E-state index is -0.684. The van der Waals surface area contributed by atoms with Crippen LogP contribution in [0.3, 0.4) is 0 Å². The zero-order valence-electron chi connectivity index (χ0n) is 20.3. The molecule has 2 aliphatic heterocycles. The molecule has 2 N–H and O–H groups in total. The zero-order valence-corrected chi connectivity index (χ0v) is 20.3. The number of aryl methyl sites for hydroxylation is 1. The summed E-state index contributed by atoms with van der Waals surface area (Å²) in [5.41, 5.74) is 4.36. The van der Waals surface area contributed by atoms with Crippen molar-refractivity contribution in [2.75, 3.05) is 50.1 Å². The second-order valence-electron chi connectivity index (χ2n) is 9.12. The lowest BCUT2D eigenvalue weighted by Crippen LogP contribution is -2.43. The number of rotatable bonds is 7. The Kier molecular flexibility index (Phi) is 8.06. The standard InChI is InChI=1S/C27H36N4O3/c1-3-34-25-12-6-5-11-22(25)29-27(33)26(32)28-19-24(31-16-7-4-8-17-31)21-13-14-23-20(18-21)10-9-15-30(23)2/h5-6,11-14,18,24H,3-4,7-10,15-17,19H2,1-2H3,(H,28,32)(H,29,33). The van der Waals surface area contributed by atoms with Crippen molar-refractivity contribution >= 4 is 23.2 Å². The minimum Gasteiger partial charge on any atom is -0.492 e. The van der Waals surface area contributed by atoms with Gasteiger partial charge >= 0.3 is 11.8 Å². The lowest BCUT2D eigenvalue weighted by molar-refractivity contribution is -0.136. The van der Waals surface area contributed by atoms with Crippen LogP contribution in [0.5, 0.6) is 5.75 Å². The van der Waals surface area contributed by atoms with Gasteiger partial charge in [0.1, 0.15) is 5.75 Å². The molecule has 4 rings (SSSR count). The number of piperidine rings is 1. The predicted molar refractivity (Wildman–Crippen MR) is 135 cm³/mol. The average Bonchev–Trinajstić information content (AvgIpc) is 2.86. The lowest BCUT2D eigenvalue weighted by Gasteiger charge is -2.36. The highest BCUT2D eigenvalue weighted by atomic mass is 16.5. The molecule has 2 heterocycles. The van der Waals surface area contributed by atoms with Gasteiger partial charge in [-0.2, -0.15) is 0 Å². The first kappa shape index (κ1) is 24.1. The van der Waals surface area contributed by atoms with Crippen molar-refractivity contribution in [3.8, 4) is 5.75 Å². The van der Waals surface area contributed by atoms with E-state index in [1.165, 1.54) is 23.2 Å². The van der Waals surface area contributed by atoms with Crippen LogP contribution in [-0.4, -0.2) is 56.5 Å². The molecule has 7 nitrogen and oxygen atoms in total. The van der Waals surface area contributed by atoms with Crippen LogP contribution in [0.2, 0.25) is 0 Å². The van der Waals surface area contributed by atoms with E-state index in [4.69, 9.17) is 4.74 Å². The van der Waals surface area contributed by atoms with E-state index in [9.17, 15) is 9.59 Å². The number of para-hydroxylation sites is 2. The van der Waals surface area contributed by atoms with E-state index >= 15 is 0 Å². The lowest BCUT2D eigenvalue weighted by atomic mass is 9.95. The van der Waals surface area contributed by atoms with Crippen LogP contribution in [0, 0.1) is 0 Å². The van der Waals surface area contributed by atoms with E-state index < -0.39 is 11.8 Å². The molecule has 0 aromatic heterocycles. The van der Waals surface area contributed by atoms with E-state index in [0.29, 0.717) is 24.6 Å². The fourth-order valence-electron chi connectivity index (χ4n) is 5.00. The van der Waals surface area contributed by atoms with Crippen LogP contribution >= 0.6 is 0 Å². The summed E-state index contributed by atoms with van der Waals surface area (Å²) in [5.74, 6) is -0.765. The number of nitrogens with zero attached hydrogens (tertiary/aromatic N) is 2. The van der Waals surface area contributed by atoms with Crippen LogP contribution < -0.4 is 20.3 Å². The smallest absolute Gasteiger partial charge is 0.313 e. The summed E-state index contributed by atoms with van der Waals surface area (Å²) in [6.45, 7) is 5.85. The van der Waals surface area contributed by atoms with E-state index in [0.717, 1.165) is 45.3 Å². The van der Waals surface area contributed by atoms with Crippen LogP contribution in [0.1, 0.15) is 49.8 Å². The number of ether oxygens (including phenoxy) is 1. The molecule has 7 heteroatoms. The second-order valence-corrected chi connectivity index (χ2v) is 9.12. The Hall–Kier alpha value is -3.06. The SMILES string of the molecule is CCOc1ccccc1NC(=O)C(=O)NCC(c1ccc2c(c1)CCCN2C)N1CCCCC1. The molecule has 1 saturated heterocycles. The summed E-state index contributed by atoms with van der Waals surface area (Å²) in [4.78, 5) is 30.1. The molecule has 0 spiro atoms. The molecular formula is C27H36N4O3. The topological polar surface area (TPSA) is 73.9 Å². The van der Waals surface area contributed by atoms with Crippen molar-refractivity contribution in [3.05, 3.63) is 53.6 Å². The van der Waals surface area contributed by atoms with Crippen molar-refractivity contribution in [1.29, 1.82) is 0 Å². The van der Waals surface area contributed by atoms with Crippen LogP contribution in [0.15, 0.2) is 42.5 Å². The number of likely N-dealkylation sites (tertiary alicyclic amines) is 1. The Morgan fingerprint density at radius 3 is 2.59 bits per heavy atom. The molecule has 0 aliphatic carbocycles. The number of fused-ring (bicyclic) bond motifs is 1. The molecule has 2 aromatic rings. The van der Waals surface area contributed by atoms with Gasteiger partial charge in [-0.05, 0) is 75.0 Å². The van der Waals surface area contributed by atoms with Crippen molar-refractivity contribution in [2.24, 2.45) is 0 Å². The monoisotopic (exact) mass is 464 g/mol. The third-order valence-electron chi connectivity index (χ3n) is 6.77.